The van der Waals surface area contributed by atoms with Crippen molar-refractivity contribution in [2.75, 3.05) is 5.75 Å². The third-order valence-electron chi connectivity index (χ3n) is 4.15. The molecule has 0 aliphatic carbocycles. The molecule has 1 atom stereocenters. The first-order valence-corrected chi connectivity index (χ1v) is 8.62. The summed E-state index contributed by atoms with van der Waals surface area (Å²) in [5, 5.41) is 9.45. The fourth-order valence-electron chi connectivity index (χ4n) is 3.18. The number of carbonyl (C=O) groups is 1. The Morgan fingerprint density at radius 2 is 2.26 bits per heavy atom. The van der Waals surface area contributed by atoms with E-state index in [9.17, 15) is 9.90 Å². The maximum atomic E-state index is 11.5. The molecule has 2 aromatic rings. The van der Waals surface area contributed by atoms with Gasteiger partial charge in [0, 0.05) is 35.6 Å². The number of rotatable bonds is 7. The van der Waals surface area contributed by atoms with Gasteiger partial charge in [0.15, 0.2) is 0 Å². The van der Waals surface area contributed by atoms with Crippen molar-refractivity contribution in [3.8, 4) is 11.4 Å². The van der Waals surface area contributed by atoms with Crippen molar-refractivity contribution in [2.24, 2.45) is 0 Å². The standard InChI is InChI=1S/C18H20N2O2S/c1-3-8-19-9-5-6-14(19)17-16(23-11-4-2)12-15-13(18(21)22)7-10-20(15)17/h3-6,9,12-13H,1-2,7-8,10-11H2,(H,21,22). The normalized spacial score (nSPS) is 16.3. The second-order valence-corrected chi connectivity index (χ2v) is 6.61. The first kappa shape index (κ1) is 15.7. The highest BCUT2D eigenvalue weighted by molar-refractivity contribution is 7.99. The Kier molecular flexibility index (Phi) is 4.48. The van der Waals surface area contributed by atoms with E-state index in [2.05, 4.69) is 28.4 Å². The van der Waals surface area contributed by atoms with Gasteiger partial charge in [-0.2, -0.15) is 0 Å². The van der Waals surface area contributed by atoms with Crippen LogP contribution in [0, 0.1) is 0 Å². The Bertz CT molecular complexity index is 757. The molecule has 0 saturated heterocycles. The molecule has 0 aromatic carbocycles. The van der Waals surface area contributed by atoms with Crippen molar-refractivity contribution in [3.63, 3.8) is 0 Å². The molecule has 3 heterocycles. The summed E-state index contributed by atoms with van der Waals surface area (Å²) in [6, 6.07) is 6.14. The van der Waals surface area contributed by atoms with Crippen LogP contribution in [-0.4, -0.2) is 26.0 Å². The van der Waals surface area contributed by atoms with Crippen molar-refractivity contribution in [2.45, 2.75) is 30.3 Å². The molecule has 1 aliphatic heterocycles. The molecule has 1 unspecified atom stereocenters. The van der Waals surface area contributed by atoms with E-state index >= 15 is 0 Å². The first-order valence-electron chi connectivity index (χ1n) is 7.63. The van der Waals surface area contributed by atoms with E-state index in [4.69, 9.17) is 0 Å². The summed E-state index contributed by atoms with van der Waals surface area (Å²) in [6.45, 7) is 9.07. The molecule has 3 rings (SSSR count). The summed E-state index contributed by atoms with van der Waals surface area (Å²) in [4.78, 5) is 12.6. The monoisotopic (exact) mass is 328 g/mol. The van der Waals surface area contributed by atoms with Crippen LogP contribution in [0.25, 0.3) is 11.4 Å². The molecule has 0 amide bonds. The van der Waals surface area contributed by atoms with Crippen LogP contribution in [0.1, 0.15) is 18.0 Å². The van der Waals surface area contributed by atoms with Crippen LogP contribution in [0.4, 0.5) is 0 Å². The predicted molar refractivity (Wildman–Crippen MR) is 94.0 cm³/mol. The van der Waals surface area contributed by atoms with Gasteiger partial charge in [-0.25, -0.2) is 0 Å². The van der Waals surface area contributed by atoms with E-state index in [0.717, 1.165) is 40.8 Å². The van der Waals surface area contributed by atoms with Gasteiger partial charge >= 0.3 is 5.97 Å². The molecule has 120 valence electrons. The van der Waals surface area contributed by atoms with Crippen LogP contribution < -0.4 is 0 Å². The third-order valence-corrected chi connectivity index (χ3v) is 5.17. The zero-order valence-electron chi connectivity index (χ0n) is 12.9. The highest BCUT2D eigenvalue weighted by Gasteiger charge is 2.33. The fraction of sp³-hybridized carbons (Fsp3) is 0.278. The maximum Gasteiger partial charge on any atom is 0.312 e. The number of thioether (sulfide) groups is 1. The highest BCUT2D eigenvalue weighted by atomic mass is 32.2. The van der Waals surface area contributed by atoms with Crippen molar-refractivity contribution >= 4 is 17.7 Å². The van der Waals surface area contributed by atoms with Crippen molar-refractivity contribution in [1.82, 2.24) is 9.13 Å². The lowest BCUT2D eigenvalue weighted by atomic mass is 10.1. The molecule has 0 bridgehead atoms. The highest BCUT2D eigenvalue weighted by Crippen LogP contribution is 2.42. The van der Waals surface area contributed by atoms with Gasteiger partial charge < -0.3 is 14.2 Å². The minimum Gasteiger partial charge on any atom is -0.481 e. The van der Waals surface area contributed by atoms with Gasteiger partial charge in [-0.05, 0) is 24.6 Å². The fourth-order valence-corrected chi connectivity index (χ4v) is 4.03. The second kappa shape index (κ2) is 6.54. The molecular formula is C18H20N2O2S. The molecular weight excluding hydrogens is 308 g/mol. The Labute approximate surface area is 140 Å². The summed E-state index contributed by atoms with van der Waals surface area (Å²) in [5.41, 5.74) is 3.13. The van der Waals surface area contributed by atoms with E-state index in [1.807, 2.05) is 30.5 Å². The zero-order chi connectivity index (χ0) is 16.4. The number of hydrogen-bond donors (Lipinski definition) is 1. The van der Waals surface area contributed by atoms with E-state index in [1.165, 1.54) is 0 Å². The summed E-state index contributed by atoms with van der Waals surface area (Å²) in [7, 11) is 0. The van der Waals surface area contributed by atoms with Gasteiger partial charge in [0.2, 0.25) is 0 Å². The van der Waals surface area contributed by atoms with Gasteiger partial charge in [-0.15, -0.1) is 24.9 Å². The van der Waals surface area contributed by atoms with Gasteiger partial charge in [-0.1, -0.05) is 12.2 Å². The molecule has 5 heteroatoms. The van der Waals surface area contributed by atoms with Crippen LogP contribution in [0.3, 0.4) is 0 Å². The lowest BCUT2D eigenvalue weighted by Gasteiger charge is -2.12. The molecule has 0 fully saturated rings. The number of aromatic nitrogens is 2. The maximum absolute atomic E-state index is 11.5. The minimum absolute atomic E-state index is 0.408. The number of carboxylic acid groups (broad SMARTS) is 1. The lowest BCUT2D eigenvalue weighted by molar-refractivity contribution is -0.138. The zero-order valence-corrected chi connectivity index (χ0v) is 13.8. The van der Waals surface area contributed by atoms with Crippen LogP contribution in [0.15, 0.2) is 54.6 Å². The number of fused-ring (bicyclic) bond motifs is 1. The number of hydrogen-bond acceptors (Lipinski definition) is 2. The number of allylic oxidation sites excluding steroid dienone is 1. The number of carboxylic acids is 1. The molecule has 4 nitrogen and oxygen atoms in total. The SMILES string of the molecule is C=CCSc1cc2n(c1-c1cccn1CC=C)CCC2C(=O)O. The molecule has 1 N–H and O–H groups in total. The van der Waals surface area contributed by atoms with Crippen molar-refractivity contribution < 1.29 is 9.90 Å². The average Bonchev–Trinajstić information content (AvgIpc) is 3.19. The molecule has 0 radical (unpaired) electrons. The predicted octanol–water partition coefficient (Wildman–Crippen LogP) is 3.99. The van der Waals surface area contributed by atoms with Crippen LogP contribution in [-0.2, 0) is 17.9 Å². The van der Waals surface area contributed by atoms with E-state index in [1.54, 1.807) is 11.8 Å². The largest absolute Gasteiger partial charge is 0.481 e. The first-order chi connectivity index (χ1) is 11.2. The summed E-state index contributed by atoms with van der Waals surface area (Å²) in [5.74, 6) is -0.347. The van der Waals surface area contributed by atoms with Crippen LogP contribution >= 0.6 is 11.8 Å². The van der Waals surface area contributed by atoms with E-state index in [-0.39, 0.29) is 0 Å². The average molecular weight is 328 g/mol. The van der Waals surface area contributed by atoms with Gasteiger partial charge in [-0.3, -0.25) is 4.79 Å². The Morgan fingerprint density at radius 3 is 2.96 bits per heavy atom. The van der Waals surface area contributed by atoms with Crippen LogP contribution in [0.5, 0.6) is 0 Å². The minimum atomic E-state index is -0.741. The molecule has 0 saturated carbocycles. The van der Waals surface area contributed by atoms with E-state index < -0.39 is 11.9 Å². The summed E-state index contributed by atoms with van der Waals surface area (Å²) >= 11 is 1.70. The van der Waals surface area contributed by atoms with Crippen molar-refractivity contribution in [3.05, 3.63) is 55.4 Å². The smallest absolute Gasteiger partial charge is 0.312 e. The quantitative estimate of drug-likeness (QED) is 0.617. The van der Waals surface area contributed by atoms with Gasteiger partial charge in [0.25, 0.3) is 0 Å². The molecule has 23 heavy (non-hydrogen) atoms. The Hall–Kier alpha value is -2.14. The number of nitrogens with zero attached hydrogens (tertiary/aromatic N) is 2. The Balaban J connectivity index is 2.12. The van der Waals surface area contributed by atoms with E-state index in [0.29, 0.717) is 6.42 Å². The van der Waals surface area contributed by atoms with Gasteiger partial charge in [0.1, 0.15) is 0 Å². The van der Waals surface area contributed by atoms with Crippen LogP contribution in [0.2, 0.25) is 0 Å². The summed E-state index contributed by atoms with van der Waals surface area (Å²) < 4.78 is 4.31. The van der Waals surface area contributed by atoms with Gasteiger partial charge in [0.05, 0.1) is 17.3 Å². The molecule has 0 spiro atoms. The summed E-state index contributed by atoms with van der Waals surface area (Å²) in [6.07, 6.45) is 6.43. The molecule has 2 aromatic heterocycles. The molecule has 1 aliphatic rings. The second-order valence-electron chi connectivity index (χ2n) is 5.55. The lowest BCUT2D eigenvalue weighted by Crippen LogP contribution is -2.07. The third kappa shape index (κ3) is 2.77. The topological polar surface area (TPSA) is 47.2 Å². The van der Waals surface area contributed by atoms with Crippen molar-refractivity contribution in [1.29, 1.82) is 0 Å². The number of aliphatic carboxylic acids is 1. The Morgan fingerprint density at radius 1 is 1.43 bits per heavy atom.